The number of aryl methyl sites for hydroxylation is 1. The largest absolute Gasteiger partial charge is 0.490 e. The van der Waals surface area contributed by atoms with Gasteiger partial charge in [0.15, 0.2) is 0 Å². The molecule has 52 heavy (non-hydrogen) atoms. The predicted molar refractivity (Wildman–Crippen MR) is 206 cm³/mol. The number of hydrogen-bond donors (Lipinski definition) is 1. The molecule has 0 radical (unpaired) electrons. The second-order valence-electron chi connectivity index (χ2n) is 16.7. The van der Waals surface area contributed by atoms with E-state index in [2.05, 4.69) is 43.7 Å². The number of hydrogen-bond acceptors (Lipinski definition) is 8. The molecule has 8 rings (SSSR count). The van der Waals surface area contributed by atoms with Gasteiger partial charge >= 0.3 is 0 Å². The minimum atomic E-state index is -3.94. The van der Waals surface area contributed by atoms with Gasteiger partial charge in [-0.3, -0.25) is 14.6 Å². The molecular formula is C41H55ClN4O5S. The van der Waals surface area contributed by atoms with E-state index < -0.39 is 26.8 Å². The van der Waals surface area contributed by atoms with Crippen LogP contribution in [0.4, 0.5) is 5.69 Å². The van der Waals surface area contributed by atoms with E-state index >= 15 is 0 Å². The number of sulfonamides is 1. The maximum absolute atomic E-state index is 13.6. The van der Waals surface area contributed by atoms with Crippen molar-refractivity contribution in [1.82, 2.24) is 14.5 Å². The molecule has 0 aromatic heterocycles. The number of piperazine rings is 1. The van der Waals surface area contributed by atoms with E-state index in [0.717, 1.165) is 100 Å². The van der Waals surface area contributed by atoms with Crippen molar-refractivity contribution in [1.29, 1.82) is 0 Å². The minimum absolute atomic E-state index is 0.205. The van der Waals surface area contributed by atoms with Crippen LogP contribution >= 0.6 is 11.6 Å². The van der Waals surface area contributed by atoms with Crippen molar-refractivity contribution in [3.05, 3.63) is 70.3 Å². The van der Waals surface area contributed by atoms with Gasteiger partial charge in [0.25, 0.3) is 5.91 Å². The second kappa shape index (κ2) is 14.2. The zero-order chi connectivity index (χ0) is 36.3. The van der Waals surface area contributed by atoms with Gasteiger partial charge in [0.1, 0.15) is 11.4 Å². The van der Waals surface area contributed by atoms with E-state index in [1.54, 1.807) is 13.0 Å². The topological polar surface area (TPSA) is 91.4 Å². The summed E-state index contributed by atoms with van der Waals surface area (Å²) in [5.74, 6) is 0.553. The number of methoxy groups -OCH3 is 1. The molecule has 11 heteroatoms. The second-order valence-corrected chi connectivity index (χ2v) is 19.2. The highest BCUT2D eigenvalue weighted by Gasteiger charge is 2.50. The third kappa shape index (κ3) is 6.91. The van der Waals surface area contributed by atoms with E-state index in [4.69, 9.17) is 21.1 Å². The Morgan fingerprint density at radius 2 is 1.85 bits per heavy atom. The van der Waals surface area contributed by atoms with Crippen LogP contribution in [0.2, 0.25) is 5.02 Å². The fourth-order valence-electron chi connectivity index (χ4n) is 9.88. The molecule has 0 unspecified atom stereocenters. The number of rotatable bonds is 4. The summed E-state index contributed by atoms with van der Waals surface area (Å²) in [6, 6.07) is 12.5. The summed E-state index contributed by atoms with van der Waals surface area (Å²) >= 11 is 6.50. The van der Waals surface area contributed by atoms with Crippen LogP contribution in [-0.4, -0.2) is 101 Å². The molecular weight excluding hydrogens is 696 g/mol. The molecule has 3 fully saturated rings. The zero-order valence-electron chi connectivity index (χ0n) is 31.0. The Hall–Kier alpha value is -2.63. The third-order valence-corrected chi connectivity index (χ3v) is 15.7. The van der Waals surface area contributed by atoms with E-state index in [0.29, 0.717) is 24.5 Å². The first-order valence-corrected chi connectivity index (χ1v) is 21.5. The number of carbonyl (C=O) groups excluding carboxylic acids is 1. The highest BCUT2D eigenvalue weighted by atomic mass is 35.5. The molecule has 1 saturated heterocycles. The lowest BCUT2D eigenvalue weighted by Gasteiger charge is -2.52. The molecule has 1 N–H and O–H groups in total. The molecule has 2 saturated carbocycles. The van der Waals surface area contributed by atoms with Crippen molar-refractivity contribution < 1.29 is 22.7 Å². The predicted octanol–water partition coefficient (Wildman–Crippen LogP) is 6.05. The van der Waals surface area contributed by atoms with Crippen molar-refractivity contribution in [2.45, 2.75) is 87.5 Å². The van der Waals surface area contributed by atoms with Crippen LogP contribution in [0.25, 0.3) is 0 Å². The molecule has 9 nitrogen and oxygen atoms in total. The molecule has 2 aromatic carbocycles. The lowest BCUT2D eigenvalue weighted by molar-refractivity contribution is -0.0956. The summed E-state index contributed by atoms with van der Waals surface area (Å²) in [6.07, 6.45) is 12.8. The SMILES string of the molecule is CO[C@]1(CN2CCN(C3CC3)CC2)/C=C\C[C@H](C)[C@@H](C)S(=O)(=O)NC(=O)c2ccc3c(c2)N(C[C@@H]2CC[C@H]21)C[C@@]1(CCCc2cc(Cl)ccc21)CO3. The van der Waals surface area contributed by atoms with Gasteiger partial charge in [-0.25, -0.2) is 13.1 Å². The summed E-state index contributed by atoms with van der Waals surface area (Å²) in [6.45, 7) is 10.8. The molecule has 2 bridgehead atoms. The van der Waals surface area contributed by atoms with Crippen molar-refractivity contribution in [2.24, 2.45) is 17.8 Å². The summed E-state index contributed by atoms with van der Waals surface area (Å²) in [5, 5.41) is -0.0125. The Morgan fingerprint density at radius 1 is 1.04 bits per heavy atom. The molecule has 282 valence electrons. The highest BCUT2D eigenvalue weighted by molar-refractivity contribution is 7.90. The number of halogens is 1. The summed E-state index contributed by atoms with van der Waals surface area (Å²) in [4.78, 5) is 21.3. The van der Waals surface area contributed by atoms with Crippen molar-refractivity contribution in [2.75, 3.05) is 64.4 Å². The first-order chi connectivity index (χ1) is 25.0. The Kier molecular flexibility index (Phi) is 9.94. The van der Waals surface area contributed by atoms with Gasteiger partial charge in [0, 0.05) is 75.0 Å². The Bertz CT molecular complexity index is 1810. The van der Waals surface area contributed by atoms with E-state index in [-0.39, 0.29) is 17.3 Å². The molecule has 3 aliphatic carbocycles. The molecule has 1 spiro atoms. The van der Waals surface area contributed by atoms with E-state index in [1.807, 2.05) is 32.2 Å². The van der Waals surface area contributed by atoms with Crippen LogP contribution in [0.15, 0.2) is 48.6 Å². The van der Waals surface area contributed by atoms with Gasteiger partial charge < -0.3 is 14.4 Å². The van der Waals surface area contributed by atoms with E-state index in [1.165, 1.54) is 24.0 Å². The lowest BCUT2D eigenvalue weighted by atomic mass is 9.63. The highest BCUT2D eigenvalue weighted by Crippen LogP contribution is 2.49. The fourth-order valence-corrected chi connectivity index (χ4v) is 11.4. The Morgan fingerprint density at radius 3 is 2.58 bits per heavy atom. The normalized spacial score (nSPS) is 34.6. The Balaban J connectivity index is 1.18. The van der Waals surface area contributed by atoms with Crippen LogP contribution in [0.3, 0.4) is 0 Å². The van der Waals surface area contributed by atoms with Crippen LogP contribution in [0.5, 0.6) is 5.75 Å². The van der Waals surface area contributed by atoms with Gasteiger partial charge in [-0.2, -0.15) is 0 Å². The van der Waals surface area contributed by atoms with Crippen molar-refractivity contribution in [3.8, 4) is 5.75 Å². The van der Waals surface area contributed by atoms with E-state index in [9.17, 15) is 13.2 Å². The number of carbonyl (C=O) groups is 1. The molecule has 3 heterocycles. The molecule has 6 atom stereocenters. The van der Waals surface area contributed by atoms with Gasteiger partial charge in [0.05, 0.1) is 17.5 Å². The van der Waals surface area contributed by atoms with Crippen LogP contribution in [0.1, 0.15) is 80.3 Å². The number of ether oxygens (including phenoxy) is 2. The molecule has 2 aromatic rings. The number of nitrogens with zero attached hydrogens (tertiary/aromatic N) is 3. The van der Waals surface area contributed by atoms with Crippen molar-refractivity contribution >= 4 is 33.2 Å². The number of amides is 1. The van der Waals surface area contributed by atoms with Gasteiger partial charge in [-0.15, -0.1) is 0 Å². The van der Waals surface area contributed by atoms with Crippen molar-refractivity contribution in [3.63, 3.8) is 0 Å². The maximum Gasteiger partial charge on any atom is 0.264 e. The number of allylic oxidation sites excluding steroid dienone is 1. The summed E-state index contributed by atoms with van der Waals surface area (Å²) in [5.41, 5.74) is 2.97. The minimum Gasteiger partial charge on any atom is -0.490 e. The molecule has 6 aliphatic rings. The van der Waals surface area contributed by atoms with Crippen LogP contribution < -0.4 is 14.4 Å². The average molecular weight is 751 g/mol. The van der Waals surface area contributed by atoms with Crippen LogP contribution in [0, 0.1) is 17.8 Å². The molecule has 1 amide bonds. The maximum atomic E-state index is 13.6. The summed E-state index contributed by atoms with van der Waals surface area (Å²) < 4.78 is 43.0. The number of nitrogens with one attached hydrogen (secondary N) is 1. The van der Waals surface area contributed by atoms with Crippen LogP contribution in [-0.2, 0) is 26.6 Å². The number of anilines is 1. The fraction of sp³-hybridized carbons (Fsp3) is 0.634. The standard InChI is InChI=1S/C41H55ClN4O5S/c1-28-6-4-17-41(50-3,26-44-18-20-45(21-19-44)34-11-12-34)36-13-8-32(36)24-46-25-40(16-5-7-30-22-33(42)10-14-35(30)40)27-51-38-15-9-31(23-37(38)46)39(47)43-52(48,49)29(28)2/h4,9-10,14-15,17,22-23,28-29,32,34,36H,5-8,11-13,16,18-21,24-27H2,1-3H3,(H,43,47)/b17-4-/t28-,29+,32-,36+,40-,41-/m0/s1. The first-order valence-electron chi connectivity index (χ1n) is 19.6. The molecule has 3 aliphatic heterocycles. The first kappa shape index (κ1) is 36.4. The number of benzene rings is 2. The third-order valence-electron chi connectivity index (χ3n) is 13.6. The average Bonchev–Trinajstić information content (AvgIpc) is 3.98. The van der Waals surface area contributed by atoms with Gasteiger partial charge in [0.2, 0.25) is 10.0 Å². The smallest absolute Gasteiger partial charge is 0.264 e. The monoisotopic (exact) mass is 750 g/mol. The van der Waals surface area contributed by atoms with Gasteiger partial charge in [-0.05, 0) is 118 Å². The summed E-state index contributed by atoms with van der Waals surface area (Å²) in [7, 11) is -2.08. The lowest BCUT2D eigenvalue weighted by Crippen LogP contribution is -2.59. The number of fused-ring (bicyclic) bond motifs is 4. The quantitative estimate of drug-likeness (QED) is 0.378. The van der Waals surface area contributed by atoms with Gasteiger partial charge in [-0.1, -0.05) is 36.7 Å². The zero-order valence-corrected chi connectivity index (χ0v) is 32.6. The Labute approximate surface area is 315 Å².